The first kappa shape index (κ1) is 13.2. The van der Waals surface area contributed by atoms with E-state index in [0.717, 1.165) is 11.3 Å². The van der Waals surface area contributed by atoms with Crippen LogP contribution in [-0.2, 0) is 6.42 Å². The minimum absolute atomic E-state index is 0.000481. The Morgan fingerprint density at radius 3 is 2.89 bits per heavy atom. The van der Waals surface area contributed by atoms with E-state index in [9.17, 15) is 4.79 Å². The zero-order valence-corrected chi connectivity index (χ0v) is 11.1. The van der Waals surface area contributed by atoms with Crippen LogP contribution < -0.4 is 11.1 Å². The van der Waals surface area contributed by atoms with Crippen LogP contribution in [0.5, 0.6) is 0 Å². The van der Waals surface area contributed by atoms with Crippen molar-refractivity contribution in [3.8, 4) is 0 Å². The molecule has 1 atom stereocenters. The van der Waals surface area contributed by atoms with Crippen LogP contribution in [0.25, 0.3) is 0 Å². The van der Waals surface area contributed by atoms with E-state index < -0.39 is 0 Å². The Bertz CT molecular complexity index is 562. The molecule has 0 aliphatic carbocycles. The number of benzene rings is 1. The Morgan fingerprint density at radius 1 is 1.42 bits per heavy atom. The Balaban J connectivity index is 2.02. The average molecular weight is 258 g/mol. The molecule has 0 saturated carbocycles. The molecule has 1 aromatic heterocycles. The van der Waals surface area contributed by atoms with Crippen molar-refractivity contribution in [1.82, 2.24) is 5.32 Å². The van der Waals surface area contributed by atoms with Gasteiger partial charge in [0.2, 0.25) is 0 Å². The van der Waals surface area contributed by atoms with Gasteiger partial charge in [0.1, 0.15) is 5.76 Å². The van der Waals surface area contributed by atoms with E-state index in [0.29, 0.717) is 17.7 Å². The highest BCUT2D eigenvalue weighted by Crippen LogP contribution is 2.13. The summed E-state index contributed by atoms with van der Waals surface area (Å²) < 4.78 is 5.26. The Morgan fingerprint density at radius 2 is 2.21 bits per heavy atom. The number of carbonyl (C=O) groups is 1. The summed E-state index contributed by atoms with van der Waals surface area (Å²) in [6.45, 7) is 3.84. The minimum atomic E-state index is -0.108. The zero-order chi connectivity index (χ0) is 13.8. The van der Waals surface area contributed by atoms with E-state index in [-0.39, 0.29) is 11.9 Å². The number of nitrogens with two attached hydrogens (primary N) is 1. The standard InChI is InChI=1S/C15H18N2O2/c1-10-5-6-12(16)9-14(10)15(18)17-11(2)8-13-4-3-7-19-13/h3-7,9,11H,8,16H2,1-2H3,(H,17,18). The third-order valence-corrected chi connectivity index (χ3v) is 2.97. The van der Waals surface area contributed by atoms with Crippen molar-refractivity contribution in [2.75, 3.05) is 5.73 Å². The van der Waals surface area contributed by atoms with E-state index in [1.807, 2.05) is 32.0 Å². The van der Waals surface area contributed by atoms with Crippen LogP contribution in [0.4, 0.5) is 5.69 Å². The molecule has 0 bridgehead atoms. The lowest BCUT2D eigenvalue weighted by Gasteiger charge is -2.14. The van der Waals surface area contributed by atoms with Crippen LogP contribution in [0, 0.1) is 6.92 Å². The summed E-state index contributed by atoms with van der Waals surface area (Å²) in [5.41, 5.74) is 7.83. The van der Waals surface area contributed by atoms with Crippen molar-refractivity contribution < 1.29 is 9.21 Å². The summed E-state index contributed by atoms with van der Waals surface area (Å²) in [4.78, 5) is 12.2. The van der Waals surface area contributed by atoms with Gasteiger partial charge < -0.3 is 15.5 Å². The molecule has 1 heterocycles. The van der Waals surface area contributed by atoms with Crippen molar-refractivity contribution in [2.45, 2.75) is 26.3 Å². The third kappa shape index (κ3) is 3.37. The highest BCUT2D eigenvalue weighted by molar-refractivity contribution is 5.96. The van der Waals surface area contributed by atoms with Gasteiger partial charge in [0.05, 0.1) is 6.26 Å². The molecule has 4 heteroatoms. The van der Waals surface area contributed by atoms with Crippen molar-refractivity contribution in [2.24, 2.45) is 0 Å². The summed E-state index contributed by atoms with van der Waals surface area (Å²) in [6, 6.07) is 9.07. The van der Waals surface area contributed by atoms with E-state index >= 15 is 0 Å². The van der Waals surface area contributed by atoms with Gasteiger partial charge in [-0.05, 0) is 43.7 Å². The zero-order valence-electron chi connectivity index (χ0n) is 11.1. The number of anilines is 1. The molecule has 0 spiro atoms. The van der Waals surface area contributed by atoms with Crippen LogP contribution >= 0.6 is 0 Å². The van der Waals surface area contributed by atoms with Gasteiger partial charge >= 0.3 is 0 Å². The van der Waals surface area contributed by atoms with Crippen LogP contribution in [-0.4, -0.2) is 11.9 Å². The SMILES string of the molecule is Cc1ccc(N)cc1C(=O)NC(C)Cc1ccco1. The maximum absolute atomic E-state index is 12.2. The molecule has 3 N–H and O–H groups in total. The highest BCUT2D eigenvalue weighted by atomic mass is 16.3. The van der Waals surface area contributed by atoms with Gasteiger partial charge in [-0.2, -0.15) is 0 Å². The van der Waals surface area contributed by atoms with Crippen LogP contribution in [0.15, 0.2) is 41.0 Å². The second kappa shape index (κ2) is 5.61. The molecule has 0 fully saturated rings. The number of aryl methyl sites for hydroxylation is 1. The number of carbonyl (C=O) groups excluding carboxylic acids is 1. The normalized spacial score (nSPS) is 12.1. The quantitative estimate of drug-likeness (QED) is 0.828. The number of rotatable bonds is 4. The number of furan rings is 1. The molecular formula is C15H18N2O2. The van der Waals surface area contributed by atoms with Gasteiger partial charge in [-0.3, -0.25) is 4.79 Å². The summed E-state index contributed by atoms with van der Waals surface area (Å²) in [5, 5.41) is 2.95. The van der Waals surface area contributed by atoms with Crippen molar-refractivity contribution in [3.63, 3.8) is 0 Å². The summed E-state index contributed by atoms with van der Waals surface area (Å²) in [5.74, 6) is 0.751. The average Bonchev–Trinajstić information content (AvgIpc) is 2.84. The second-order valence-electron chi connectivity index (χ2n) is 4.73. The first-order valence-electron chi connectivity index (χ1n) is 6.25. The molecule has 0 radical (unpaired) electrons. The predicted octanol–water partition coefficient (Wildman–Crippen LogP) is 2.53. The molecular weight excluding hydrogens is 240 g/mol. The highest BCUT2D eigenvalue weighted by Gasteiger charge is 2.13. The lowest BCUT2D eigenvalue weighted by atomic mass is 10.1. The summed E-state index contributed by atoms with van der Waals surface area (Å²) >= 11 is 0. The summed E-state index contributed by atoms with van der Waals surface area (Å²) in [7, 11) is 0. The number of amides is 1. The molecule has 4 nitrogen and oxygen atoms in total. The van der Waals surface area contributed by atoms with Gasteiger partial charge in [-0.25, -0.2) is 0 Å². The van der Waals surface area contributed by atoms with E-state index in [2.05, 4.69) is 5.32 Å². The number of hydrogen-bond acceptors (Lipinski definition) is 3. The van der Waals surface area contributed by atoms with Crippen LogP contribution in [0.3, 0.4) is 0 Å². The van der Waals surface area contributed by atoms with Crippen LogP contribution in [0.2, 0.25) is 0 Å². The fraction of sp³-hybridized carbons (Fsp3) is 0.267. The van der Waals surface area contributed by atoms with Crippen molar-refractivity contribution in [1.29, 1.82) is 0 Å². The summed E-state index contributed by atoms with van der Waals surface area (Å²) in [6.07, 6.45) is 2.30. The predicted molar refractivity (Wildman–Crippen MR) is 74.9 cm³/mol. The van der Waals surface area contributed by atoms with Crippen molar-refractivity contribution >= 4 is 11.6 Å². The maximum Gasteiger partial charge on any atom is 0.251 e. The third-order valence-electron chi connectivity index (χ3n) is 2.97. The smallest absolute Gasteiger partial charge is 0.251 e. The number of hydrogen-bond donors (Lipinski definition) is 2. The van der Waals surface area contributed by atoms with Gasteiger partial charge in [0.25, 0.3) is 5.91 Å². The Kier molecular flexibility index (Phi) is 3.90. The molecule has 0 aliphatic rings. The first-order chi connectivity index (χ1) is 9.06. The van der Waals surface area contributed by atoms with Crippen molar-refractivity contribution in [3.05, 3.63) is 53.5 Å². The lowest BCUT2D eigenvalue weighted by Crippen LogP contribution is -2.34. The largest absolute Gasteiger partial charge is 0.469 e. The Hall–Kier alpha value is -2.23. The van der Waals surface area contributed by atoms with Gasteiger partial charge in [-0.15, -0.1) is 0 Å². The van der Waals surface area contributed by atoms with Gasteiger partial charge in [-0.1, -0.05) is 6.07 Å². The molecule has 1 amide bonds. The maximum atomic E-state index is 12.2. The molecule has 2 aromatic rings. The van der Waals surface area contributed by atoms with Gasteiger partial charge in [0, 0.05) is 23.7 Å². The molecule has 1 unspecified atom stereocenters. The monoisotopic (exact) mass is 258 g/mol. The second-order valence-corrected chi connectivity index (χ2v) is 4.73. The minimum Gasteiger partial charge on any atom is -0.469 e. The molecule has 19 heavy (non-hydrogen) atoms. The van der Waals surface area contributed by atoms with E-state index in [1.54, 1.807) is 18.4 Å². The molecule has 2 rings (SSSR count). The first-order valence-corrected chi connectivity index (χ1v) is 6.25. The molecule has 1 aromatic carbocycles. The number of nitrogen functional groups attached to an aromatic ring is 1. The molecule has 0 aliphatic heterocycles. The number of nitrogens with one attached hydrogen (secondary N) is 1. The fourth-order valence-electron chi connectivity index (χ4n) is 1.97. The van der Waals surface area contributed by atoms with Gasteiger partial charge in [0.15, 0.2) is 0 Å². The molecule has 0 saturated heterocycles. The lowest BCUT2D eigenvalue weighted by molar-refractivity contribution is 0.0938. The van der Waals surface area contributed by atoms with Crippen LogP contribution in [0.1, 0.15) is 28.6 Å². The van der Waals surface area contributed by atoms with E-state index in [1.165, 1.54) is 0 Å². The Labute approximate surface area is 112 Å². The molecule has 100 valence electrons. The van der Waals surface area contributed by atoms with E-state index in [4.69, 9.17) is 10.2 Å². The fourth-order valence-corrected chi connectivity index (χ4v) is 1.97. The topological polar surface area (TPSA) is 68.3 Å².